The van der Waals surface area contributed by atoms with Crippen LogP contribution >= 0.6 is 0 Å². The summed E-state index contributed by atoms with van der Waals surface area (Å²) in [5.41, 5.74) is 2.58. The first kappa shape index (κ1) is 9.01. The molecule has 1 nitrogen and oxygen atoms in total. The molecule has 0 N–H and O–H groups in total. The van der Waals surface area contributed by atoms with Crippen LogP contribution in [0.5, 0.6) is 0 Å². The van der Waals surface area contributed by atoms with Gasteiger partial charge in [0.15, 0.2) is 0 Å². The quantitative estimate of drug-likeness (QED) is 0.589. The highest BCUT2D eigenvalue weighted by molar-refractivity contribution is 5.18. The lowest BCUT2D eigenvalue weighted by atomic mass is 10.0. The molecule has 71 valence electrons. The Morgan fingerprint density at radius 2 is 1.92 bits per heavy atom. The zero-order valence-corrected chi connectivity index (χ0v) is 8.09. The second-order valence-electron chi connectivity index (χ2n) is 4.12. The van der Waals surface area contributed by atoms with Gasteiger partial charge in [0.25, 0.3) is 0 Å². The molecule has 2 aliphatic carbocycles. The van der Waals surface area contributed by atoms with E-state index in [9.17, 15) is 5.11 Å². The first-order chi connectivity index (χ1) is 6.36. The number of hydrogen-bond acceptors (Lipinski definition) is 0. The van der Waals surface area contributed by atoms with E-state index in [1.807, 2.05) is 0 Å². The van der Waals surface area contributed by atoms with Crippen LogP contribution in [0.25, 0.3) is 0 Å². The minimum atomic E-state index is -0.424. The van der Waals surface area contributed by atoms with Crippen molar-refractivity contribution in [2.75, 3.05) is 0 Å². The van der Waals surface area contributed by atoms with Gasteiger partial charge < -0.3 is 0 Å². The molecule has 1 radical (unpaired) electrons. The molecule has 0 spiro atoms. The number of rotatable bonds is 3. The monoisotopic (exact) mass is 177 g/mol. The largest absolute Gasteiger partial charge is 0.228 e. The first-order valence-corrected chi connectivity index (χ1v) is 5.39. The minimum Gasteiger partial charge on any atom is -0.228 e. The van der Waals surface area contributed by atoms with Gasteiger partial charge in [-0.15, -0.1) is 0 Å². The van der Waals surface area contributed by atoms with Crippen molar-refractivity contribution in [3.05, 3.63) is 23.3 Å². The van der Waals surface area contributed by atoms with E-state index in [1.54, 1.807) is 0 Å². The number of hydrogen-bond donors (Lipinski definition) is 0. The summed E-state index contributed by atoms with van der Waals surface area (Å²) in [5, 5.41) is 11.8. The molecule has 0 heterocycles. The van der Waals surface area contributed by atoms with E-state index >= 15 is 0 Å². The maximum atomic E-state index is 11.8. The molecule has 2 rings (SSSR count). The van der Waals surface area contributed by atoms with Gasteiger partial charge in [0.05, 0.1) is 0 Å². The molecule has 0 fully saturated rings. The lowest BCUT2D eigenvalue weighted by Gasteiger charge is -2.09. The van der Waals surface area contributed by atoms with Crippen LogP contribution in [0.15, 0.2) is 23.3 Å². The molecule has 1 unspecified atom stereocenters. The van der Waals surface area contributed by atoms with E-state index in [0.717, 1.165) is 19.3 Å². The van der Waals surface area contributed by atoms with Crippen LogP contribution in [-0.2, 0) is 5.11 Å². The average molecular weight is 177 g/mol. The summed E-state index contributed by atoms with van der Waals surface area (Å²) < 4.78 is 0. The molecule has 13 heavy (non-hydrogen) atoms. The lowest BCUT2D eigenvalue weighted by molar-refractivity contribution is 0.117. The van der Waals surface area contributed by atoms with Gasteiger partial charge in [-0.3, -0.25) is 0 Å². The molecule has 0 saturated carbocycles. The Morgan fingerprint density at radius 3 is 2.54 bits per heavy atom. The SMILES string of the molecule is [O]C(CC1=CCCC1)C1=CCCC1. The molecular formula is C12H17O. The van der Waals surface area contributed by atoms with Crippen molar-refractivity contribution in [1.29, 1.82) is 0 Å². The summed E-state index contributed by atoms with van der Waals surface area (Å²) in [4.78, 5) is 0. The van der Waals surface area contributed by atoms with Crippen molar-refractivity contribution in [3.8, 4) is 0 Å². The highest BCUT2D eigenvalue weighted by Gasteiger charge is 2.18. The molecule has 1 heteroatoms. The summed E-state index contributed by atoms with van der Waals surface area (Å²) in [7, 11) is 0. The van der Waals surface area contributed by atoms with Crippen molar-refractivity contribution in [2.24, 2.45) is 0 Å². The van der Waals surface area contributed by atoms with Crippen LogP contribution < -0.4 is 0 Å². The Morgan fingerprint density at radius 1 is 1.15 bits per heavy atom. The minimum absolute atomic E-state index is 0.424. The second kappa shape index (κ2) is 4.10. The van der Waals surface area contributed by atoms with E-state index < -0.39 is 6.10 Å². The fourth-order valence-electron chi connectivity index (χ4n) is 2.28. The summed E-state index contributed by atoms with van der Waals surface area (Å²) in [6.07, 6.45) is 11.8. The fourth-order valence-corrected chi connectivity index (χ4v) is 2.28. The van der Waals surface area contributed by atoms with Crippen molar-refractivity contribution in [1.82, 2.24) is 0 Å². The summed E-state index contributed by atoms with van der Waals surface area (Å²) in [6.45, 7) is 0. The van der Waals surface area contributed by atoms with Crippen molar-refractivity contribution in [3.63, 3.8) is 0 Å². The molecule has 0 aliphatic heterocycles. The molecule has 0 aromatic heterocycles. The highest BCUT2D eigenvalue weighted by Crippen LogP contribution is 2.28. The Kier molecular flexibility index (Phi) is 2.84. The topological polar surface area (TPSA) is 19.9 Å². The van der Waals surface area contributed by atoms with Crippen LogP contribution in [0.1, 0.15) is 44.9 Å². The van der Waals surface area contributed by atoms with Crippen LogP contribution in [-0.4, -0.2) is 6.10 Å². The van der Waals surface area contributed by atoms with Gasteiger partial charge >= 0.3 is 0 Å². The molecule has 0 saturated heterocycles. The molecule has 1 atom stereocenters. The van der Waals surface area contributed by atoms with Gasteiger partial charge in [-0.2, -0.15) is 0 Å². The molecule has 0 amide bonds. The van der Waals surface area contributed by atoms with E-state index in [-0.39, 0.29) is 0 Å². The molecule has 0 bridgehead atoms. The molecule has 2 aliphatic rings. The summed E-state index contributed by atoms with van der Waals surface area (Å²) in [6, 6.07) is 0. The van der Waals surface area contributed by atoms with Gasteiger partial charge in [-0.05, 0) is 44.1 Å². The van der Waals surface area contributed by atoms with E-state index in [0.29, 0.717) is 0 Å². The summed E-state index contributed by atoms with van der Waals surface area (Å²) in [5.74, 6) is 0. The predicted octanol–water partition coefficient (Wildman–Crippen LogP) is 3.40. The molecule has 0 aromatic rings. The maximum Gasteiger partial charge on any atom is 0.118 e. The Balaban J connectivity index is 1.86. The van der Waals surface area contributed by atoms with Gasteiger partial charge in [0.2, 0.25) is 0 Å². The van der Waals surface area contributed by atoms with E-state index in [2.05, 4.69) is 12.2 Å². The first-order valence-electron chi connectivity index (χ1n) is 5.39. The third kappa shape index (κ3) is 2.22. The number of allylic oxidation sites excluding steroid dienone is 2. The van der Waals surface area contributed by atoms with Gasteiger partial charge in [0, 0.05) is 6.42 Å². The third-order valence-electron chi connectivity index (χ3n) is 3.07. The normalized spacial score (nSPS) is 24.4. The van der Waals surface area contributed by atoms with Crippen LogP contribution in [0.2, 0.25) is 0 Å². The zero-order chi connectivity index (χ0) is 9.10. The molecule has 0 aromatic carbocycles. The zero-order valence-electron chi connectivity index (χ0n) is 8.09. The second-order valence-corrected chi connectivity index (χ2v) is 4.12. The maximum absolute atomic E-state index is 11.8. The third-order valence-corrected chi connectivity index (χ3v) is 3.07. The van der Waals surface area contributed by atoms with E-state index in [1.165, 1.54) is 36.8 Å². The van der Waals surface area contributed by atoms with Crippen molar-refractivity contribution in [2.45, 2.75) is 51.0 Å². The average Bonchev–Trinajstić information content (AvgIpc) is 2.74. The van der Waals surface area contributed by atoms with Crippen LogP contribution in [0.3, 0.4) is 0 Å². The summed E-state index contributed by atoms with van der Waals surface area (Å²) >= 11 is 0. The Bertz CT molecular complexity index is 238. The van der Waals surface area contributed by atoms with Crippen LogP contribution in [0, 0.1) is 0 Å². The highest BCUT2D eigenvalue weighted by atomic mass is 16.3. The van der Waals surface area contributed by atoms with Crippen LogP contribution in [0.4, 0.5) is 0 Å². The molecular weight excluding hydrogens is 160 g/mol. The Hall–Kier alpha value is -0.560. The smallest absolute Gasteiger partial charge is 0.118 e. The van der Waals surface area contributed by atoms with Crippen molar-refractivity contribution < 1.29 is 5.11 Å². The van der Waals surface area contributed by atoms with Gasteiger partial charge in [0.1, 0.15) is 6.10 Å². The predicted molar refractivity (Wildman–Crippen MR) is 53.0 cm³/mol. The van der Waals surface area contributed by atoms with Crippen molar-refractivity contribution >= 4 is 0 Å². The fraction of sp³-hybridized carbons (Fsp3) is 0.667. The lowest BCUT2D eigenvalue weighted by Crippen LogP contribution is -2.07. The van der Waals surface area contributed by atoms with E-state index in [4.69, 9.17) is 0 Å². The Labute approximate surface area is 80.2 Å². The standard InChI is InChI=1S/C12H17O/c13-12(11-7-3-4-8-11)9-10-5-1-2-6-10/h5,7,12H,1-4,6,8-9H2. The van der Waals surface area contributed by atoms with Gasteiger partial charge in [-0.1, -0.05) is 17.7 Å². The van der Waals surface area contributed by atoms with Gasteiger partial charge in [-0.25, -0.2) is 5.11 Å².